The SMILES string of the molecule is CCNc1ncc(Cl)c(NCc2cccc(C)c2)n1. The van der Waals surface area contributed by atoms with E-state index in [1.165, 1.54) is 11.1 Å². The molecular formula is C14H17ClN4. The molecule has 0 aliphatic carbocycles. The van der Waals surface area contributed by atoms with Crippen LogP contribution in [0.25, 0.3) is 0 Å². The highest BCUT2D eigenvalue weighted by Crippen LogP contribution is 2.20. The summed E-state index contributed by atoms with van der Waals surface area (Å²) in [6.45, 7) is 5.53. The van der Waals surface area contributed by atoms with Gasteiger partial charge in [-0.1, -0.05) is 41.4 Å². The Morgan fingerprint density at radius 3 is 2.84 bits per heavy atom. The standard InChI is InChI=1S/C14H17ClN4/c1-3-16-14-18-9-12(15)13(19-14)17-8-11-6-4-5-10(2)7-11/h4-7,9H,3,8H2,1-2H3,(H2,16,17,18,19). The second kappa shape index (κ2) is 6.38. The minimum Gasteiger partial charge on any atom is -0.365 e. The molecule has 0 aliphatic rings. The number of anilines is 2. The van der Waals surface area contributed by atoms with Crippen molar-refractivity contribution < 1.29 is 0 Å². The average Bonchev–Trinajstić information content (AvgIpc) is 2.40. The number of hydrogen-bond donors (Lipinski definition) is 2. The van der Waals surface area contributed by atoms with Crippen LogP contribution in [0.5, 0.6) is 0 Å². The predicted octanol–water partition coefficient (Wildman–Crippen LogP) is 3.48. The quantitative estimate of drug-likeness (QED) is 0.878. The molecule has 19 heavy (non-hydrogen) atoms. The smallest absolute Gasteiger partial charge is 0.224 e. The second-order valence-corrected chi connectivity index (χ2v) is 4.67. The van der Waals surface area contributed by atoms with Gasteiger partial charge in [-0.15, -0.1) is 0 Å². The van der Waals surface area contributed by atoms with Crippen LogP contribution in [0, 0.1) is 6.92 Å². The Balaban J connectivity index is 2.08. The monoisotopic (exact) mass is 276 g/mol. The molecule has 1 aromatic carbocycles. The Kier molecular flexibility index (Phi) is 4.58. The number of benzene rings is 1. The number of aryl methyl sites for hydroxylation is 1. The summed E-state index contributed by atoms with van der Waals surface area (Å²) >= 11 is 6.08. The summed E-state index contributed by atoms with van der Waals surface area (Å²) < 4.78 is 0. The summed E-state index contributed by atoms with van der Waals surface area (Å²) in [7, 11) is 0. The van der Waals surface area contributed by atoms with Crippen LogP contribution in [-0.4, -0.2) is 16.5 Å². The molecule has 2 aromatic rings. The fourth-order valence-corrected chi connectivity index (χ4v) is 1.90. The van der Waals surface area contributed by atoms with Crippen molar-refractivity contribution in [3.8, 4) is 0 Å². The van der Waals surface area contributed by atoms with E-state index in [9.17, 15) is 0 Å². The van der Waals surface area contributed by atoms with Gasteiger partial charge in [-0.2, -0.15) is 4.98 Å². The van der Waals surface area contributed by atoms with Crippen LogP contribution in [0.4, 0.5) is 11.8 Å². The molecule has 0 bridgehead atoms. The van der Waals surface area contributed by atoms with Crippen molar-refractivity contribution in [1.82, 2.24) is 9.97 Å². The maximum Gasteiger partial charge on any atom is 0.224 e. The Morgan fingerprint density at radius 2 is 2.11 bits per heavy atom. The molecule has 1 heterocycles. The molecule has 0 atom stereocenters. The zero-order valence-corrected chi connectivity index (χ0v) is 11.8. The molecule has 0 aliphatic heterocycles. The highest BCUT2D eigenvalue weighted by atomic mass is 35.5. The lowest BCUT2D eigenvalue weighted by molar-refractivity contribution is 1.05. The van der Waals surface area contributed by atoms with E-state index in [0.29, 0.717) is 23.3 Å². The van der Waals surface area contributed by atoms with Crippen LogP contribution < -0.4 is 10.6 Å². The van der Waals surface area contributed by atoms with E-state index in [1.54, 1.807) is 6.20 Å². The first kappa shape index (κ1) is 13.6. The number of rotatable bonds is 5. The van der Waals surface area contributed by atoms with Crippen molar-refractivity contribution in [1.29, 1.82) is 0 Å². The van der Waals surface area contributed by atoms with E-state index in [4.69, 9.17) is 11.6 Å². The van der Waals surface area contributed by atoms with E-state index in [0.717, 1.165) is 6.54 Å². The lowest BCUT2D eigenvalue weighted by atomic mass is 10.1. The fourth-order valence-electron chi connectivity index (χ4n) is 1.74. The Hall–Kier alpha value is -1.81. The van der Waals surface area contributed by atoms with Gasteiger partial charge in [-0.25, -0.2) is 4.98 Å². The third kappa shape index (κ3) is 3.83. The van der Waals surface area contributed by atoms with Gasteiger partial charge in [0.25, 0.3) is 0 Å². The van der Waals surface area contributed by atoms with Crippen molar-refractivity contribution >= 4 is 23.4 Å². The molecule has 0 unspecified atom stereocenters. The molecule has 4 nitrogen and oxygen atoms in total. The van der Waals surface area contributed by atoms with Crippen molar-refractivity contribution in [2.24, 2.45) is 0 Å². The van der Waals surface area contributed by atoms with Gasteiger partial charge in [0.2, 0.25) is 5.95 Å². The Bertz CT molecular complexity index is 557. The summed E-state index contributed by atoms with van der Waals surface area (Å²) in [5.74, 6) is 1.23. The zero-order chi connectivity index (χ0) is 13.7. The van der Waals surface area contributed by atoms with Crippen LogP contribution in [-0.2, 0) is 6.54 Å². The molecule has 0 radical (unpaired) electrons. The normalized spacial score (nSPS) is 10.3. The highest BCUT2D eigenvalue weighted by Gasteiger charge is 2.04. The zero-order valence-electron chi connectivity index (χ0n) is 11.1. The largest absolute Gasteiger partial charge is 0.365 e. The Morgan fingerprint density at radius 1 is 1.26 bits per heavy atom. The van der Waals surface area contributed by atoms with Gasteiger partial charge in [0.05, 0.1) is 6.20 Å². The Labute approximate surface area is 118 Å². The lowest BCUT2D eigenvalue weighted by Crippen LogP contribution is -2.07. The van der Waals surface area contributed by atoms with Gasteiger partial charge >= 0.3 is 0 Å². The minimum absolute atomic E-state index is 0.523. The summed E-state index contributed by atoms with van der Waals surface area (Å²) in [5.41, 5.74) is 2.43. The first-order chi connectivity index (χ1) is 9.19. The van der Waals surface area contributed by atoms with E-state index in [-0.39, 0.29) is 0 Å². The lowest BCUT2D eigenvalue weighted by Gasteiger charge is -2.09. The van der Waals surface area contributed by atoms with Crippen LogP contribution >= 0.6 is 11.6 Å². The second-order valence-electron chi connectivity index (χ2n) is 4.26. The van der Waals surface area contributed by atoms with Crippen LogP contribution in [0.15, 0.2) is 30.5 Å². The third-order valence-corrected chi connectivity index (χ3v) is 2.90. The molecule has 0 saturated heterocycles. The minimum atomic E-state index is 0.523. The van der Waals surface area contributed by atoms with Crippen molar-refractivity contribution in [3.63, 3.8) is 0 Å². The molecule has 1 aromatic heterocycles. The molecule has 2 N–H and O–H groups in total. The topological polar surface area (TPSA) is 49.8 Å². The highest BCUT2D eigenvalue weighted by molar-refractivity contribution is 6.32. The van der Waals surface area contributed by atoms with Gasteiger partial charge < -0.3 is 10.6 Å². The van der Waals surface area contributed by atoms with Crippen LogP contribution in [0.1, 0.15) is 18.1 Å². The third-order valence-electron chi connectivity index (χ3n) is 2.62. The fraction of sp³-hybridized carbons (Fsp3) is 0.286. The average molecular weight is 277 g/mol. The molecule has 2 rings (SSSR count). The molecule has 0 fully saturated rings. The number of aromatic nitrogens is 2. The molecule has 5 heteroatoms. The number of nitrogens with one attached hydrogen (secondary N) is 2. The summed E-state index contributed by atoms with van der Waals surface area (Å²) in [4.78, 5) is 8.44. The summed E-state index contributed by atoms with van der Waals surface area (Å²) in [6.07, 6.45) is 1.60. The van der Waals surface area contributed by atoms with Crippen molar-refractivity contribution in [2.75, 3.05) is 17.2 Å². The number of nitrogens with zero attached hydrogens (tertiary/aromatic N) is 2. The van der Waals surface area contributed by atoms with Gasteiger partial charge in [-0.05, 0) is 19.4 Å². The molecule has 0 spiro atoms. The molecule has 0 amide bonds. The molecular weight excluding hydrogens is 260 g/mol. The van der Waals surface area contributed by atoms with E-state index in [1.807, 2.05) is 13.0 Å². The molecule has 100 valence electrons. The summed E-state index contributed by atoms with van der Waals surface area (Å²) in [6, 6.07) is 8.32. The maximum absolute atomic E-state index is 6.08. The van der Waals surface area contributed by atoms with Crippen molar-refractivity contribution in [3.05, 3.63) is 46.6 Å². The van der Waals surface area contributed by atoms with Gasteiger partial charge in [-0.3, -0.25) is 0 Å². The van der Waals surface area contributed by atoms with E-state index in [2.05, 4.69) is 45.7 Å². The van der Waals surface area contributed by atoms with E-state index >= 15 is 0 Å². The molecule has 0 saturated carbocycles. The van der Waals surface area contributed by atoms with Crippen molar-refractivity contribution in [2.45, 2.75) is 20.4 Å². The van der Waals surface area contributed by atoms with E-state index < -0.39 is 0 Å². The first-order valence-corrected chi connectivity index (χ1v) is 6.62. The van der Waals surface area contributed by atoms with Crippen LogP contribution in [0.2, 0.25) is 5.02 Å². The number of halogens is 1. The van der Waals surface area contributed by atoms with Gasteiger partial charge in [0.15, 0.2) is 5.82 Å². The first-order valence-electron chi connectivity index (χ1n) is 6.25. The predicted molar refractivity (Wildman–Crippen MR) is 79.7 cm³/mol. The van der Waals surface area contributed by atoms with Crippen LogP contribution in [0.3, 0.4) is 0 Å². The van der Waals surface area contributed by atoms with Gasteiger partial charge in [0, 0.05) is 13.1 Å². The van der Waals surface area contributed by atoms with Gasteiger partial charge in [0.1, 0.15) is 5.02 Å². The number of hydrogen-bond acceptors (Lipinski definition) is 4. The maximum atomic E-state index is 6.08. The summed E-state index contributed by atoms with van der Waals surface area (Å²) in [5, 5.41) is 6.82.